The van der Waals surface area contributed by atoms with E-state index >= 15 is 0 Å². The molecule has 0 unspecified atom stereocenters. The predicted octanol–water partition coefficient (Wildman–Crippen LogP) is 5.32. The van der Waals surface area contributed by atoms with Gasteiger partial charge in [-0.3, -0.25) is 9.59 Å². The van der Waals surface area contributed by atoms with Crippen molar-refractivity contribution in [3.8, 4) is 11.5 Å². The molecular formula is C32H38FN5O3. The fraction of sp³-hybridized carbons (Fsp3) is 0.438. The fourth-order valence-electron chi connectivity index (χ4n) is 5.88. The summed E-state index contributed by atoms with van der Waals surface area (Å²) in [4.78, 5) is 30.7. The van der Waals surface area contributed by atoms with Crippen LogP contribution in [0.15, 0.2) is 47.0 Å². The van der Waals surface area contributed by atoms with E-state index in [1.165, 1.54) is 42.7 Å². The van der Waals surface area contributed by atoms with E-state index in [1.54, 1.807) is 12.1 Å². The molecule has 2 aliphatic rings. The minimum absolute atomic E-state index is 0.104. The van der Waals surface area contributed by atoms with E-state index in [9.17, 15) is 14.0 Å². The largest absolute Gasteiger partial charge is 0.350 e. The smallest absolute Gasteiger partial charge is 0.257 e. The minimum Gasteiger partial charge on any atom is -0.350 e. The van der Waals surface area contributed by atoms with E-state index < -0.39 is 5.82 Å². The van der Waals surface area contributed by atoms with Crippen LogP contribution in [0, 0.1) is 18.7 Å². The Kier molecular flexibility index (Phi) is 9.24. The third-order valence-electron chi connectivity index (χ3n) is 8.18. The van der Waals surface area contributed by atoms with Crippen molar-refractivity contribution in [1.82, 2.24) is 20.4 Å². The fourth-order valence-corrected chi connectivity index (χ4v) is 5.88. The third kappa shape index (κ3) is 7.67. The molecule has 1 aliphatic carbocycles. The second-order valence-electron chi connectivity index (χ2n) is 11.2. The monoisotopic (exact) mass is 559 g/mol. The van der Waals surface area contributed by atoms with Crippen molar-refractivity contribution in [3.63, 3.8) is 0 Å². The zero-order valence-corrected chi connectivity index (χ0v) is 23.8. The summed E-state index contributed by atoms with van der Waals surface area (Å²) in [6.07, 6.45) is 10.2. The summed E-state index contributed by atoms with van der Waals surface area (Å²) in [6.45, 7) is 6.37. The van der Waals surface area contributed by atoms with Gasteiger partial charge in [0.2, 0.25) is 11.8 Å². The summed E-state index contributed by atoms with van der Waals surface area (Å²) in [6, 6.07) is 11.3. The van der Waals surface area contributed by atoms with E-state index in [0.29, 0.717) is 17.6 Å². The van der Waals surface area contributed by atoms with Gasteiger partial charge in [0.25, 0.3) is 5.89 Å². The quantitative estimate of drug-likeness (QED) is 0.362. The SMILES string of the molecule is CC(=O)Nc1cccc(/C=C/C(=O)NC2CCC(CCN3CCc4ccc(-c5nc(C)no5)cc4CC3)CC2)c1F. The molecule has 9 heteroatoms. The maximum atomic E-state index is 14.6. The van der Waals surface area contributed by atoms with Crippen molar-refractivity contribution in [1.29, 1.82) is 0 Å². The number of carbonyl (C=O) groups is 2. The lowest BCUT2D eigenvalue weighted by molar-refractivity contribution is -0.117. The lowest BCUT2D eigenvalue weighted by atomic mass is 9.84. The van der Waals surface area contributed by atoms with Gasteiger partial charge in [0.1, 0.15) is 0 Å². The van der Waals surface area contributed by atoms with Gasteiger partial charge in [0.15, 0.2) is 11.6 Å². The first-order valence-electron chi connectivity index (χ1n) is 14.5. The first kappa shape index (κ1) is 28.7. The Morgan fingerprint density at radius 2 is 1.88 bits per heavy atom. The van der Waals surface area contributed by atoms with Gasteiger partial charge in [-0.2, -0.15) is 4.98 Å². The van der Waals surface area contributed by atoms with Gasteiger partial charge in [-0.05, 0) is 99.7 Å². The van der Waals surface area contributed by atoms with Crippen LogP contribution in [-0.4, -0.2) is 52.5 Å². The number of amides is 2. The molecule has 0 spiro atoms. The molecule has 0 bridgehead atoms. The van der Waals surface area contributed by atoms with Crippen molar-refractivity contribution < 1.29 is 18.5 Å². The van der Waals surface area contributed by atoms with Crippen LogP contribution in [-0.2, 0) is 22.4 Å². The maximum absolute atomic E-state index is 14.6. The Morgan fingerprint density at radius 1 is 1.10 bits per heavy atom. The molecule has 2 N–H and O–H groups in total. The highest BCUT2D eigenvalue weighted by atomic mass is 19.1. The van der Waals surface area contributed by atoms with Crippen LogP contribution in [0.3, 0.4) is 0 Å². The minimum atomic E-state index is -0.552. The highest BCUT2D eigenvalue weighted by Gasteiger charge is 2.23. The first-order valence-corrected chi connectivity index (χ1v) is 14.5. The zero-order chi connectivity index (χ0) is 28.8. The summed E-state index contributed by atoms with van der Waals surface area (Å²) in [5.74, 6) is 0.775. The Labute approximate surface area is 240 Å². The van der Waals surface area contributed by atoms with E-state index in [-0.39, 0.29) is 29.1 Å². The number of benzene rings is 2. The van der Waals surface area contributed by atoms with Crippen molar-refractivity contribution in [2.45, 2.75) is 64.8 Å². The average molecular weight is 560 g/mol. The number of rotatable bonds is 8. The van der Waals surface area contributed by atoms with E-state index in [0.717, 1.165) is 63.7 Å². The Morgan fingerprint density at radius 3 is 2.61 bits per heavy atom. The van der Waals surface area contributed by atoms with Crippen molar-refractivity contribution in [2.24, 2.45) is 5.92 Å². The van der Waals surface area contributed by atoms with Crippen LogP contribution in [0.4, 0.5) is 10.1 Å². The zero-order valence-electron chi connectivity index (χ0n) is 23.8. The molecular weight excluding hydrogens is 521 g/mol. The molecule has 0 saturated heterocycles. The van der Waals surface area contributed by atoms with E-state index in [4.69, 9.17) is 4.52 Å². The number of nitrogens with zero attached hydrogens (tertiary/aromatic N) is 3. The summed E-state index contributed by atoms with van der Waals surface area (Å²) in [5, 5.41) is 9.45. The molecule has 41 heavy (non-hydrogen) atoms. The second-order valence-corrected chi connectivity index (χ2v) is 11.2. The topological polar surface area (TPSA) is 100 Å². The molecule has 2 amide bonds. The lowest BCUT2D eigenvalue weighted by Crippen LogP contribution is -2.37. The van der Waals surface area contributed by atoms with Gasteiger partial charge in [-0.1, -0.05) is 23.4 Å². The summed E-state index contributed by atoms with van der Waals surface area (Å²) >= 11 is 0. The van der Waals surface area contributed by atoms with Crippen molar-refractivity contribution in [3.05, 3.63) is 70.8 Å². The normalized spacial score (nSPS) is 19.5. The molecule has 1 aliphatic heterocycles. The standard InChI is InChI=1S/C32H38FN5O3/c1-21-34-32(41-37-21)27-9-8-24-15-18-38(19-16-26(24)20-27)17-14-23-6-11-28(12-7-23)36-30(40)13-10-25-4-3-5-29(31(25)33)35-22(2)39/h3-5,8-10,13,20,23,28H,6-7,11-12,14-19H2,1-2H3,(H,35,39)(H,36,40)/b13-10+. The number of anilines is 1. The van der Waals surface area contributed by atoms with Crippen LogP contribution in [0.2, 0.25) is 0 Å². The number of fused-ring (bicyclic) bond motifs is 1. The average Bonchev–Trinajstić information content (AvgIpc) is 3.29. The molecule has 8 nitrogen and oxygen atoms in total. The van der Waals surface area contributed by atoms with Gasteiger partial charge < -0.3 is 20.1 Å². The Hall–Kier alpha value is -3.85. The molecule has 2 aromatic carbocycles. The van der Waals surface area contributed by atoms with Crippen molar-refractivity contribution >= 4 is 23.6 Å². The van der Waals surface area contributed by atoms with Crippen LogP contribution >= 0.6 is 0 Å². The summed E-state index contributed by atoms with van der Waals surface area (Å²) < 4.78 is 19.9. The van der Waals surface area contributed by atoms with Gasteiger partial charge in [-0.25, -0.2) is 4.39 Å². The van der Waals surface area contributed by atoms with Crippen LogP contribution in [0.25, 0.3) is 17.5 Å². The number of nitrogens with one attached hydrogen (secondary N) is 2. The van der Waals surface area contributed by atoms with Gasteiger partial charge in [-0.15, -0.1) is 0 Å². The van der Waals surface area contributed by atoms with Gasteiger partial charge in [0.05, 0.1) is 5.69 Å². The Balaban J connectivity index is 1.04. The molecule has 5 rings (SSSR count). The van der Waals surface area contributed by atoms with Crippen LogP contribution < -0.4 is 10.6 Å². The first-order chi connectivity index (χ1) is 19.8. The molecule has 1 saturated carbocycles. The highest BCUT2D eigenvalue weighted by molar-refractivity contribution is 5.93. The van der Waals surface area contributed by atoms with Crippen LogP contribution in [0.1, 0.15) is 61.5 Å². The number of halogens is 1. The Bertz CT molecular complexity index is 1410. The molecule has 1 fully saturated rings. The highest BCUT2D eigenvalue weighted by Crippen LogP contribution is 2.28. The number of hydrogen-bond acceptors (Lipinski definition) is 6. The second kappa shape index (κ2) is 13.2. The molecule has 0 atom stereocenters. The van der Waals surface area contributed by atoms with E-state index in [2.05, 4.69) is 43.9 Å². The third-order valence-corrected chi connectivity index (χ3v) is 8.18. The number of aromatic nitrogens is 2. The number of hydrogen-bond donors (Lipinski definition) is 2. The van der Waals surface area contributed by atoms with Gasteiger partial charge >= 0.3 is 0 Å². The van der Waals surface area contributed by atoms with Crippen LogP contribution in [0.5, 0.6) is 0 Å². The number of aryl methyl sites for hydroxylation is 1. The predicted molar refractivity (Wildman–Crippen MR) is 157 cm³/mol. The summed E-state index contributed by atoms with van der Waals surface area (Å²) in [7, 11) is 0. The number of carbonyl (C=O) groups excluding carboxylic acids is 2. The molecule has 2 heterocycles. The lowest BCUT2D eigenvalue weighted by Gasteiger charge is -2.30. The van der Waals surface area contributed by atoms with E-state index in [1.807, 2.05) is 6.92 Å². The van der Waals surface area contributed by atoms with Crippen molar-refractivity contribution in [2.75, 3.05) is 25.0 Å². The maximum Gasteiger partial charge on any atom is 0.257 e. The molecule has 216 valence electrons. The molecule has 3 aromatic rings. The molecule has 1 aromatic heterocycles. The molecule has 0 radical (unpaired) electrons. The van der Waals surface area contributed by atoms with Gasteiger partial charge in [0, 0.05) is 43.3 Å². The summed E-state index contributed by atoms with van der Waals surface area (Å²) in [5.41, 5.74) is 4.12.